The quantitative estimate of drug-likeness (QED) is 0.851. The zero-order valence-electron chi connectivity index (χ0n) is 10.9. The van der Waals surface area contributed by atoms with Gasteiger partial charge in [-0.05, 0) is 30.3 Å². The van der Waals surface area contributed by atoms with Crippen molar-refractivity contribution in [3.63, 3.8) is 0 Å². The van der Waals surface area contributed by atoms with Gasteiger partial charge >= 0.3 is 6.18 Å². The van der Waals surface area contributed by atoms with Gasteiger partial charge in [0.2, 0.25) is 0 Å². The highest BCUT2D eigenvalue weighted by atomic mass is 19.4. The van der Waals surface area contributed by atoms with Crippen molar-refractivity contribution < 1.29 is 13.2 Å². The monoisotopic (exact) mass is 280 g/mol. The Morgan fingerprint density at radius 2 is 1.85 bits per heavy atom. The van der Waals surface area contributed by atoms with E-state index in [1.807, 2.05) is 0 Å². The van der Waals surface area contributed by atoms with Crippen LogP contribution in [0.4, 0.5) is 13.2 Å². The summed E-state index contributed by atoms with van der Waals surface area (Å²) in [6, 6.07) is 6.74. The van der Waals surface area contributed by atoms with E-state index in [2.05, 4.69) is 10.3 Å². The lowest BCUT2D eigenvalue weighted by Gasteiger charge is -2.25. The van der Waals surface area contributed by atoms with Crippen LogP contribution in [0.2, 0.25) is 0 Å². The lowest BCUT2D eigenvalue weighted by molar-refractivity contribution is -0.139. The molecular formula is C15H15F3N2. The van der Waals surface area contributed by atoms with Gasteiger partial charge in [-0.1, -0.05) is 30.7 Å². The molecular weight excluding hydrogens is 265 g/mol. The Bertz CT molecular complexity index is 616. The van der Waals surface area contributed by atoms with Crippen LogP contribution in [0.3, 0.4) is 0 Å². The van der Waals surface area contributed by atoms with E-state index < -0.39 is 11.9 Å². The largest absolute Gasteiger partial charge is 0.433 e. The van der Waals surface area contributed by atoms with Crippen LogP contribution in [0.1, 0.15) is 36.6 Å². The van der Waals surface area contributed by atoms with Gasteiger partial charge in [0.15, 0.2) is 5.69 Å². The predicted octanol–water partition coefficient (Wildman–Crippen LogP) is 4.07. The molecule has 0 saturated carbocycles. The third kappa shape index (κ3) is 2.38. The molecule has 2 nitrogen and oxygen atoms in total. The first kappa shape index (κ1) is 13.4. The van der Waals surface area contributed by atoms with Crippen molar-refractivity contribution in [1.82, 2.24) is 10.3 Å². The average Bonchev–Trinajstić information content (AvgIpc) is 2.46. The topological polar surface area (TPSA) is 24.9 Å². The molecule has 0 amide bonds. The SMILES string of the molecule is FC(F)(F)c1ncc(C2CCCCN2)c2ccccc12. The van der Waals surface area contributed by atoms with Crippen molar-refractivity contribution in [2.75, 3.05) is 6.54 Å². The van der Waals surface area contributed by atoms with Crippen molar-refractivity contribution in [2.24, 2.45) is 0 Å². The van der Waals surface area contributed by atoms with E-state index in [0.29, 0.717) is 5.39 Å². The average molecular weight is 280 g/mol. The fourth-order valence-corrected chi connectivity index (χ4v) is 2.84. The molecule has 1 fully saturated rings. The van der Waals surface area contributed by atoms with Crippen LogP contribution in [0, 0.1) is 0 Å². The maximum atomic E-state index is 13.0. The molecule has 3 rings (SSSR count). The number of hydrogen-bond donors (Lipinski definition) is 1. The Hall–Kier alpha value is -1.62. The second-order valence-electron chi connectivity index (χ2n) is 5.11. The zero-order valence-corrected chi connectivity index (χ0v) is 10.9. The first-order chi connectivity index (χ1) is 9.57. The van der Waals surface area contributed by atoms with E-state index in [1.54, 1.807) is 18.2 Å². The highest BCUT2D eigenvalue weighted by Gasteiger charge is 2.35. The number of aromatic nitrogens is 1. The Morgan fingerprint density at radius 3 is 2.50 bits per heavy atom. The van der Waals surface area contributed by atoms with Crippen LogP contribution in [0.15, 0.2) is 30.5 Å². The second-order valence-corrected chi connectivity index (χ2v) is 5.11. The van der Waals surface area contributed by atoms with Gasteiger partial charge in [-0.15, -0.1) is 0 Å². The second kappa shape index (κ2) is 5.05. The van der Waals surface area contributed by atoms with Gasteiger partial charge in [-0.3, -0.25) is 4.98 Å². The van der Waals surface area contributed by atoms with Gasteiger partial charge in [-0.25, -0.2) is 0 Å². The predicted molar refractivity (Wildman–Crippen MR) is 71.3 cm³/mol. The van der Waals surface area contributed by atoms with Crippen molar-refractivity contribution in [3.05, 3.63) is 41.7 Å². The first-order valence-electron chi connectivity index (χ1n) is 6.75. The molecule has 0 bridgehead atoms. The highest BCUT2D eigenvalue weighted by Crippen LogP contribution is 2.36. The Kier molecular flexibility index (Phi) is 3.38. The number of fused-ring (bicyclic) bond motifs is 1. The van der Waals surface area contributed by atoms with E-state index in [-0.39, 0.29) is 11.4 Å². The Morgan fingerprint density at radius 1 is 1.10 bits per heavy atom. The van der Waals surface area contributed by atoms with Gasteiger partial charge in [0.05, 0.1) is 0 Å². The normalized spacial score (nSPS) is 20.2. The molecule has 1 aliphatic rings. The minimum atomic E-state index is -4.42. The van der Waals surface area contributed by atoms with Crippen molar-refractivity contribution in [1.29, 1.82) is 0 Å². The Labute approximate surface area is 115 Å². The highest BCUT2D eigenvalue weighted by molar-refractivity contribution is 5.88. The molecule has 0 radical (unpaired) electrons. The summed E-state index contributed by atoms with van der Waals surface area (Å²) in [5.74, 6) is 0. The lowest BCUT2D eigenvalue weighted by atomic mass is 9.94. The van der Waals surface area contributed by atoms with Crippen molar-refractivity contribution in [2.45, 2.75) is 31.5 Å². The van der Waals surface area contributed by atoms with Crippen molar-refractivity contribution >= 4 is 10.8 Å². The van der Waals surface area contributed by atoms with Gasteiger partial charge in [0.25, 0.3) is 0 Å². The molecule has 20 heavy (non-hydrogen) atoms. The van der Waals surface area contributed by atoms with Gasteiger partial charge in [-0.2, -0.15) is 13.2 Å². The number of hydrogen-bond acceptors (Lipinski definition) is 2. The zero-order chi connectivity index (χ0) is 14.2. The molecule has 1 aliphatic heterocycles. The number of rotatable bonds is 1. The maximum absolute atomic E-state index is 13.0. The maximum Gasteiger partial charge on any atom is 0.433 e. The third-order valence-electron chi connectivity index (χ3n) is 3.78. The van der Waals surface area contributed by atoms with Crippen LogP contribution in [0.5, 0.6) is 0 Å². The summed E-state index contributed by atoms with van der Waals surface area (Å²) in [7, 11) is 0. The summed E-state index contributed by atoms with van der Waals surface area (Å²) in [6.07, 6.45) is 0.110. The number of benzene rings is 1. The molecule has 1 atom stereocenters. The van der Waals surface area contributed by atoms with E-state index >= 15 is 0 Å². The van der Waals surface area contributed by atoms with Crippen LogP contribution < -0.4 is 5.32 Å². The van der Waals surface area contributed by atoms with Crippen LogP contribution in [0.25, 0.3) is 10.8 Å². The molecule has 106 valence electrons. The summed E-state index contributed by atoms with van der Waals surface area (Å²) < 4.78 is 39.0. The summed E-state index contributed by atoms with van der Waals surface area (Å²) in [5.41, 5.74) is 0.0703. The molecule has 1 N–H and O–H groups in total. The summed E-state index contributed by atoms with van der Waals surface area (Å²) in [6.45, 7) is 0.903. The number of nitrogens with one attached hydrogen (secondary N) is 1. The van der Waals surface area contributed by atoms with Gasteiger partial charge < -0.3 is 5.32 Å². The molecule has 1 saturated heterocycles. The van der Waals surface area contributed by atoms with Gasteiger partial charge in [0.1, 0.15) is 0 Å². The van der Waals surface area contributed by atoms with Crippen LogP contribution in [-0.4, -0.2) is 11.5 Å². The minimum Gasteiger partial charge on any atom is -0.310 e. The summed E-state index contributed by atoms with van der Waals surface area (Å²) in [5, 5.41) is 4.20. The first-order valence-corrected chi connectivity index (χ1v) is 6.75. The van der Waals surface area contributed by atoms with Crippen LogP contribution >= 0.6 is 0 Å². The number of halogens is 3. The number of pyridine rings is 1. The fourth-order valence-electron chi connectivity index (χ4n) is 2.84. The van der Waals surface area contributed by atoms with E-state index in [4.69, 9.17) is 0 Å². The number of piperidine rings is 1. The molecule has 1 aromatic carbocycles. The van der Waals surface area contributed by atoms with Gasteiger partial charge in [0, 0.05) is 17.6 Å². The molecule has 1 unspecified atom stereocenters. The minimum absolute atomic E-state index is 0.100. The molecule has 2 heterocycles. The molecule has 1 aromatic heterocycles. The molecule has 5 heteroatoms. The van der Waals surface area contributed by atoms with E-state index in [0.717, 1.165) is 31.4 Å². The standard InChI is InChI=1S/C15H15F3N2/c16-15(17,18)14-11-6-2-1-5-10(11)12(9-20-14)13-7-3-4-8-19-13/h1-2,5-6,9,13,19H,3-4,7-8H2. The Balaban J connectivity index is 2.16. The van der Waals surface area contributed by atoms with Crippen molar-refractivity contribution in [3.8, 4) is 0 Å². The lowest BCUT2D eigenvalue weighted by Crippen LogP contribution is -2.27. The fraction of sp³-hybridized carbons (Fsp3) is 0.400. The van der Waals surface area contributed by atoms with E-state index in [1.165, 1.54) is 12.3 Å². The molecule has 2 aromatic rings. The molecule has 0 aliphatic carbocycles. The summed E-state index contributed by atoms with van der Waals surface area (Å²) >= 11 is 0. The van der Waals surface area contributed by atoms with Crippen LogP contribution in [-0.2, 0) is 6.18 Å². The number of nitrogens with zero attached hydrogens (tertiary/aromatic N) is 1. The third-order valence-corrected chi connectivity index (χ3v) is 3.78. The molecule has 0 spiro atoms. The summed E-state index contributed by atoms with van der Waals surface area (Å²) in [4.78, 5) is 3.69. The smallest absolute Gasteiger partial charge is 0.310 e. The van der Waals surface area contributed by atoms with E-state index in [9.17, 15) is 13.2 Å². The number of alkyl halides is 3.